The minimum atomic E-state index is -0.487. The number of hydrogen-bond donors (Lipinski definition) is 0. The zero-order valence-electron chi connectivity index (χ0n) is 16.1. The molecular formula is C22H23FN2O4. The van der Waals surface area contributed by atoms with Crippen molar-refractivity contribution in [1.29, 1.82) is 0 Å². The topological polar surface area (TPSA) is 59.1 Å². The summed E-state index contributed by atoms with van der Waals surface area (Å²) in [7, 11) is 0. The van der Waals surface area contributed by atoms with Crippen LogP contribution in [0.1, 0.15) is 12.8 Å². The van der Waals surface area contributed by atoms with Gasteiger partial charge in [-0.25, -0.2) is 4.39 Å². The molecule has 6 nitrogen and oxygen atoms in total. The van der Waals surface area contributed by atoms with Gasteiger partial charge in [0.15, 0.2) is 18.2 Å². The molecule has 2 aromatic rings. The summed E-state index contributed by atoms with van der Waals surface area (Å²) in [6.45, 7) is 1.33. The van der Waals surface area contributed by atoms with Gasteiger partial charge in [-0.2, -0.15) is 0 Å². The standard InChI is InChI=1S/C22H23FN2O4/c23-18-8-4-5-9-19(18)28-14-20(26)24-12-10-22(11-13-24)16-25(21(27)15-29-22)17-6-2-1-3-7-17/h1-9H,10-16H2. The van der Waals surface area contributed by atoms with Gasteiger partial charge in [0.25, 0.3) is 11.8 Å². The summed E-state index contributed by atoms with van der Waals surface area (Å²) in [6, 6.07) is 15.6. The molecule has 4 rings (SSSR count). The van der Waals surface area contributed by atoms with Crippen molar-refractivity contribution in [3.05, 3.63) is 60.4 Å². The first kappa shape index (κ1) is 19.4. The summed E-state index contributed by atoms with van der Waals surface area (Å²) < 4.78 is 24.9. The number of para-hydroxylation sites is 2. The molecule has 0 aromatic heterocycles. The van der Waals surface area contributed by atoms with Crippen molar-refractivity contribution in [2.24, 2.45) is 0 Å². The Morgan fingerprint density at radius 3 is 2.48 bits per heavy atom. The molecule has 2 heterocycles. The largest absolute Gasteiger partial charge is 0.481 e. The highest BCUT2D eigenvalue weighted by molar-refractivity contribution is 5.95. The van der Waals surface area contributed by atoms with Crippen molar-refractivity contribution in [3.63, 3.8) is 0 Å². The first-order valence-electron chi connectivity index (χ1n) is 9.71. The number of nitrogens with zero attached hydrogens (tertiary/aromatic N) is 2. The molecule has 2 aliphatic heterocycles. The van der Waals surface area contributed by atoms with Crippen LogP contribution in [-0.2, 0) is 14.3 Å². The Bertz CT molecular complexity index is 881. The average molecular weight is 398 g/mol. The van der Waals surface area contributed by atoms with E-state index >= 15 is 0 Å². The highest BCUT2D eigenvalue weighted by atomic mass is 19.1. The lowest BCUT2D eigenvalue weighted by molar-refractivity contribution is -0.151. The number of halogens is 1. The third-order valence-electron chi connectivity index (χ3n) is 5.53. The van der Waals surface area contributed by atoms with E-state index in [1.54, 1.807) is 21.9 Å². The lowest BCUT2D eigenvalue weighted by atomic mass is 9.89. The van der Waals surface area contributed by atoms with Crippen LogP contribution >= 0.6 is 0 Å². The van der Waals surface area contributed by atoms with E-state index < -0.39 is 11.4 Å². The molecule has 2 fully saturated rings. The fourth-order valence-electron chi connectivity index (χ4n) is 3.82. The van der Waals surface area contributed by atoms with Gasteiger partial charge in [0.2, 0.25) is 0 Å². The van der Waals surface area contributed by atoms with Crippen LogP contribution < -0.4 is 9.64 Å². The summed E-state index contributed by atoms with van der Waals surface area (Å²) in [6.07, 6.45) is 1.27. The molecule has 0 N–H and O–H groups in total. The minimum Gasteiger partial charge on any atom is -0.481 e. The Morgan fingerprint density at radius 2 is 1.76 bits per heavy atom. The monoisotopic (exact) mass is 398 g/mol. The number of piperidine rings is 1. The zero-order valence-corrected chi connectivity index (χ0v) is 16.1. The van der Waals surface area contributed by atoms with Gasteiger partial charge in [-0.3, -0.25) is 9.59 Å². The summed E-state index contributed by atoms with van der Waals surface area (Å²) in [5, 5.41) is 0. The van der Waals surface area contributed by atoms with Crippen molar-refractivity contribution in [3.8, 4) is 5.75 Å². The lowest BCUT2D eigenvalue weighted by Gasteiger charge is -2.46. The molecule has 2 aliphatic rings. The Kier molecular flexibility index (Phi) is 5.49. The predicted molar refractivity (Wildman–Crippen MR) is 105 cm³/mol. The van der Waals surface area contributed by atoms with Crippen LogP contribution in [0.5, 0.6) is 5.75 Å². The summed E-state index contributed by atoms with van der Waals surface area (Å²) in [5.41, 5.74) is 0.407. The van der Waals surface area contributed by atoms with Gasteiger partial charge < -0.3 is 19.3 Å². The maximum Gasteiger partial charge on any atom is 0.260 e. The van der Waals surface area contributed by atoms with Gasteiger partial charge in [0, 0.05) is 18.8 Å². The molecule has 0 bridgehead atoms. The van der Waals surface area contributed by atoms with Crippen LogP contribution in [0.15, 0.2) is 54.6 Å². The second-order valence-corrected chi connectivity index (χ2v) is 7.39. The SMILES string of the molecule is O=C(COc1ccccc1F)N1CCC2(CC1)CN(c1ccccc1)C(=O)CO2. The number of amides is 2. The molecule has 0 radical (unpaired) electrons. The second kappa shape index (κ2) is 8.21. The lowest BCUT2D eigenvalue weighted by Crippen LogP contribution is -2.59. The van der Waals surface area contributed by atoms with Crippen LogP contribution in [0.2, 0.25) is 0 Å². The van der Waals surface area contributed by atoms with Gasteiger partial charge in [-0.1, -0.05) is 30.3 Å². The Labute approximate surface area is 168 Å². The van der Waals surface area contributed by atoms with Crippen LogP contribution in [-0.4, -0.2) is 55.2 Å². The number of carbonyl (C=O) groups excluding carboxylic acids is 2. The number of ether oxygens (including phenoxy) is 2. The van der Waals surface area contributed by atoms with Crippen LogP contribution in [0.3, 0.4) is 0 Å². The molecular weight excluding hydrogens is 375 g/mol. The molecule has 1 spiro atoms. The number of likely N-dealkylation sites (tertiary alicyclic amines) is 1. The number of hydrogen-bond acceptors (Lipinski definition) is 4. The third-order valence-corrected chi connectivity index (χ3v) is 5.53. The average Bonchev–Trinajstić information content (AvgIpc) is 2.76. The number of benzene rings is 2. The first-order valence-corrected chi connectivity index (χ1v) is 9.71. The van der Waals surface area contributed by atoms with Crippen molar-refractivity contribution < 1.29 is 23.5 Å². The molecule has 29 heavy (non-hydrogen) atoms. The molecule has 0 saturated carbocycles. The summed E-state index contributed by atoms with van der Waals surface area (Å²) in [5.74, 6) is -0.658. The van der Waals surface area contributed by atoms with Gasteiger partial charge in [-0.15, -0.1) is 0 Å². The maximum absolute atomic E-state index is 13.6. The van der Waals surface area contributed by atoms with Gasteiger partial charge in [0.05, 0.1) is 12.1 Å². The highest BCUT2D eigenvalue weighted by Gasteiger charge is 2.43. The molecule has 0 aliphatic carbocycles. The van der Waals surface area contributed by atoms with E-state index in [9.17, 15) is 14.0 Å². The van der Waals surface area contributed by atoms with E-state index in [0.29, 0.717) is 32.5 Å². The van der Waals surface area contributed by atoms with E-state index in [1.165, 1.54) is 12.1 Å². The quantitative estimate of drug-likeness (QED) is 0.795. The second-order valence-electron chi connectivity index (χ2n) is 7.39. The summed E-state index contributed by atoms with van der Waals surface area (Å²) in [4.78, 5) is 28.3. The van der Waals surface area contributed by atoms with E-state index in [0.717, 1.165) is 5.69 Å². The fraction of sp³-hybridized carbons (Fsp3) is 0.364. The summed E-state index contributed by atoms with van der Waals surface area (Å²) >= 11 is 0. The van der Waals surface area contributed by atoms with Crippen molar-refractivity contribution in [1.82, 2.24) is 4.90 Å². The number of rotatable bonds is 4. The molecule has 152 valence electrons. The minimum absolute atomic E-state index is 0.0409. The fourth-order valence-corrected chi connectivity index (χ4v) is 3.82. The van der Waals surface area contributed by atoms with Crippen LogP contribution in [0, 0.1) is 5.82 Å². The predicted octanol–water partition coefficient (Wildman–Crippen LogP) is 2.63. The zero-order chi connectivity index (χ0) is 20.3. The van der Waals surface area contributed by atoms with Gasteiger partial charge in [0.1, 0.15) is 6.61 Å². The molecule has 2 saturated heterocycles. The van der Waals surface area contributed by atoms with Crippen molar-refractivity contribution in [2.45, 2.75) is 18.4 Å². The normalized spacial score (nSPS) is 18.7. The Morgan fingerprint density at radius 1 is 1.07 bits per heavy atom. The van der Waals surface area contributed by atoms with E-state index in [2.05, 4.69) is 0 Å². The van der Waals surface area contributed by atoms with Gasteiger partial charge in [-0.05, 0) is 37.1 Å². The number of carbonyl (C=O) groups is 2. The first-order chi connectivity index (χ1) is 14.1. The maximum atomic E-state index is 13.6. The van der Waals surface area contributed by atoms with E-state index in [-0.39, 0.29) is 30.8 Å². The molecule has 7 heteroatoms. The Balaban J connectivity index is 1.34. The number of morpholine rings is 1. The molecule has 2 aromatic carbocycles. The van der Waals surface area contributed by atoms with Crippen molar-refractivity contribution in [2.75, 3.05) is 37.7 Å². The highest BCUT2D eigenvalue weighted by Crippen LogP contribution is 2.32. The smallest absolute Gasteiger partial charge is 0.260 e. The molecule has 0 unspecified atom stereocenters. The number of anilines is 1. The third kappa shape index (κ3) is 4.24. The van der Waals surface area contributed by atoms with E-state index in [4.69, 9.17) is 9.47 Å². The van der Waals surface area contributed by atoms with Gasteiger partial charge >= 0.3 is 0 Å². The van der Waals surface area contributed by atoms with Crippen molar-refractivity contribution >= 4 is 17.5 Å². The Hall–Kier alpha value is -2.93. The van der Waals surface area contributed by atoms with E-state index in [1.807, 2.05) is 30.3 Å². The van der Waals surface area contributed by atoms with Crippen LogP contribution in [0.4, 0.5) is 10.1 Å². The van der Waals surface area contributed by atoms with Crippen LogP contribution in [0.25, 0.3) is 0 Å². The molecule has 2 amide bonds. The molecule has 0 atom stereocenters.